The Balaban J connectivity index is 1.49. The highest BCUT2D eigenvalue weighted by atomic mass is 16.2. The Hall–Kier alpha value is -2.20. The maximum absolute atomic E-state index is 13.8. The quantitative estimate of drug-likeness (QED) is 0.909. The lowest BCUT2D eigenvalue weighted by Gasteiger charge is -2.49. The maximum Gasteiger partial charge on any atom is 0.231 e. The molecule has 1 amide bonds. The first-order valence-electron chi connectivity index (χ1n) is 10.2. The Morgan fingerprint density at radius 3 is 2.85 bits per heavy atom. The summed E-state index contributed by atoms with van der Waals surface area (Å²) in [5.74, 6) is 1.36. The van der Waals surface area contributed by atoms with Crippen molar-refractivity contribution in [2.45, 2.75) is 37.5 Å². The number of carbonyl (C=O) groups is 1. The second-order valence-electron chi connectivity index (χ2n) is 8.58. The fraction of sp³-hybridized carbons (Fsp3) is 0.478. The summed E-state index contributed by atoms with van der Waals surface area (Å²) in [6.45, 7) is 1.48. The molecule has 0 saturated heterocycles. The molecule has 1 aliphatic heterocycles. The van der Waals surface area contributed by atoms with Gasteiger partial charge in [-0.15, -0.1) is 0 Å². The van der Waals surface area contributed by atoms with E-state index in [0.717, 1.165) is 50.0 Å². The van der Waals surface area contributed by atoms with Crippen molar-refractivity contribution < 1.29 is 4.79 Å². The van der Waals surface area contributed by atoms with Crippen molar-refractivity contribution >= 4 is 11.6 Å². The van der Waals surface area contributed by atoms with Crippen LogP contribution >= 0.6 is 0 Å². The summed E-state index contributed by atoms with van der Waals surface area (Å²) in [5.41, 5.74) is 9.30. The van der Waals surface area contributed by atoms with Crippen molar-refractivity contribution in [2.75, 3.05) is 18.0 Å². The van der Waals surface area contributed by atoms with E-state index in [1.807, 2.05) is 18.3 Å². The summed E-state index contributed by atoms with van der Waals surface area (Å²) < 4.78 is 0. The Kier molecular flexibility index (Phi) is 4.05. The molecule has 0 spiro atoms. The van der Waals surface area contributed by atoms with Gasteiger partial charge in [0.1, 0.15) is 0 Å². The number of hydrogen-bond acceptors (Lipinski definition) is 3. The highest BCUT2D eigenvalue weighted by Crippen LogP contribution is 2.64. The second-order valence-corrected chi connectivity index (χ2v) is 8.58. The van der Waals surface area contributed by atoms with Gasteiger partial charge < -0.3 is 10.6 Å². The lowest BCUT2D eigenvalue weighted by atomic mass is 9.57. The van der Waals surface area contributed by atoms with Crippen molar-refractivity contribution in [1.82, 2.24) is 4.98 Å². The molecule has 0 radical (unpaired) electrons. The van der Waals surface area contributed by atoms with Crippen LogP contribution in [0.1, 0.15) is 36.9 Å². The van der Waals surface area contributed by atoms with Gasteiger partial charge in [-0.3, -0.25) is 9.78 Å². The highest BCUT2D eigenvalue weighted by Gasteiger charge is 2.64. The monoisotopic (exact) mass is 361 g/mol. The summed E-state index contributed by atoms with van der Waals surface area (Å²) in [4.78, 5) is 20.5. The minimum atomic E-state index is -0.0429. The number of anilines is 1. The largest absolute Gasteiger partial charge is 0.330 e. The zero-order valence-electron chi connectivity index (χ0n) is 15.7. The molecule has 4 nitrogen and oxygen atoms in total. The van der Waals surface area contributed by atoms with Gasteiger partial charge >= 0.3 is 0 Å². The van der Waals surface area contributed by atoms with Gasteiger partial charge in [-0.1, -0.05) is 24.3 Å². The van der Waals surface area contributed by atoms with Crippen LogP contribution in [0.2, 0.25) is 0 Å². The van der Waals surface area contributed by atoms with Crippen molar-refractivity contribution in [3.05, 3.63) is 59.9 Å². The number of hydrogen-bond donors (Lipinski definition) is 1. The molecule has 2 aromatic rings. The predicted octanol–water partition coefficient (Wildman–Crippen LogP) is 3.30. The molecule has 1 aromatic carbocycles. The molecular weight excluding hydrogens is 334 g/mol. The third-order valence-electron chi connectivity index (χ3n) is 7.17. The topological polar surface area (TPSA) is 59.2 Å². The Labute approximate surface area is 160 Å². The zero-order valence-corrected chi connectivity index (χ0v) is 15.7. The number of nitrogens with zero attached hydrogens (tertiary/aromatic N) is 2. The smallest absolute Gasteiger partial charge is 0.231 e. The predicted molar refractivity (Wildman–Crippen MR) is 106 cm³/mol. The molecule has 1 aromatic heterocycles. The van der Waals surface area contributed by atoms with Crippen LogP contribution in [0, 0.1) is 17.8 Å². The van der Waals surface area contributed by atoms with Crippen LogP contribution in [-0.2, 0) is 16.6 Å². The van der Waals surface area contributed by atoms with Gasteiger partial charge in [-0.05, 0) is 74.2 Å². The van der Waals surface area contributed by atoms with Crippen LogP contribution in [0.25, 0.3) is 0 Å². The van der Waals surface area contributed by atoms with Gasteiger partial charge in [-0.25, -0.2) is 0 Å². The van der Waals surface area contributed by atoms with Gasteiger partial charge in [0, 0.05) is 29.5 Å². The number of carbonyl (C=O) groups excluding carboxylic acids is 1. The Morgan fingerprint density at radius 1 is 1.22 bits per heavy atom. The van der Waals surface area contributed by atoms with Gasteiger partial charge in [0.2, 0.25) is 5.91 Å². The SMILES string of the molecule is NCCC1Cc2ccccc2N(C(=O)C2C3CCC2(c2ccccn2)C3)C1. The van der Waals surface area contributed by atoms with Crippen molar-refractivity contribution in [1.29, 1.82) is 0 Å². The zero-order chi connectivity index (χ0) is 18.4. The molecule has 4 heteroatoms. The molecule has 4 atom stereocenters. The van der Waals surface area contributed by atoms with E-state index in [2.05, 4.69) is 40.2 Å². The van der Waals surface area contributed by atoms with Gasteiger partial charge in [0.15, 0.2) is 0 Å². The van der Waals surface area contributed by atoms with Crippen molar-refractivity contribution in [3.8, 4) is 0 Å². The summed E-state index contributed by atoms with van der Waals surface area (Å²) in [7, 11) is 0. The first-order valence-corrected chi connectivity index (χ1v) is 10.2. The number of aromatic nitrogens is 1. The van der Waals surface area contributed by atoms with Crippen molar-refractivity contribution in [3.63, 3.8) is 0 Å². The summed E-state index contributed by atoms with van der Waals surface area (Å²) in [6.07, 6.45) is 7.21. The fourth-order valence-corrected chi connectivity index (χ4v) is 5.94. The number of benzene rings is 1. The van der Waals surface area contributed by atoms with E-state index in [1.54, 1.807) is 0 Å². The lowest BCUT2D eigenvalue weighted by molar-refractivity contribution is -0.130. The fourth-order valence-electron chi connectivity index (χ4n) is 5.94. The molecule has 6 rings (SSSR count). The van der Waals surface area contributed by atoms with Gasteiger partial charge in [0.05, 0.1) is 5.92 Å². The first-order chi connectivity index (χ1) is 13.2. The van der Waals surface area contributed by atoms with Crippen LogP contribution in [0.4, 0.5) is 5.69 Å². The molecule has 4 unspecified atom stereocenters. The average molecular weight is 361 g/mol. The Bertz CT molecular complexity index is 848. The van der Waals surface area contributed by atoms with Crippen LogP contribution in [0.15, 0.2) is 48.7 Å². The van der Waals surface area contributed by atoms with E-state index in [-0.39, 0.29) is 11.3 Å². The highest BCUT2D eigenvalue weighted by molar-refractivity contribution is 5.98. The summed E-state index contributed by atoms with van der Waals surface area (Å²) in [6, 6.07) is 14.5. The lowest BCUT2D eigenvalue weighted by Crippen LogP contribution is -2.55. The molecule has 2 N–H and O–H groups in total. The number of fused-ring (bicyclic) bond motifs is 2. The molecule has 2 heterocycles. The molecule has 3 saturated carbocycles. The summed E-state index contributed by atoms with van der Waals surface area (Å²) >= 11 is 0. The number of amides is 1. The average Bonchev–Trinajstić information content (AvgIpc) is 3.29. The third-order valence-corrected chi connectivity index (χ3v) is 7.17. The van der Waals surface area contributed by atoms with Crippen molar-refractivity contribution in [2.24, 2.45) is 23.5 Å². The van der Waals surface area contributed by atoms with E-state index in [0.29, 0.717) is 24.3 Å². The standard InChI is InChI=1S/C23H27N3O/c24-11-9-16-13-17-5-1-2-6-19(17)26(15-16)22(27)21-18-8-10-23(21,14-18)20-7-3-4-12-25-20/h1-7,12,16,18,21H,8-11,13-15,24H2. The molecule has 3 aliphatic carbocycles. The molecule has 27 heavy (non-hydrogen) atoms. The van der Waals surface area contributed by atoms with Crippen LogP contribution in [0.3, 0.4) is 0 Å². The van der Waals surface area contributed by atoms with E-state index in [4.69, 9.17) is 5.73 Å². The number of pyridine rings is 1. The van der Waals surface area contributed by atoms with E-state index >= 15 is 0 Å². The number of rotatable bonds is 4. The van der Waals surface area contributed by atoms with Crippen LogP contribution in [-0.4, -0.2) is 24.0 Å². The maximum atomic E-state index is 13.8. The van der Waals surface area contributed by atoms with Crippen LogP contribution < -0.4 is 10.6 Å². The number of nitrogens with two attached hydrogens (primary N) is 1. The van der Waals surface area contributed by atoms with Gasteiger partial charge in [0.25, 0.3) is 0 Å². The third kappa shape index (κ3) is 2.53. The Morgan fingerprint density at radius 2 is 2.07 bits per heavy atom. The summed E-state index contributed by atoms with van der Waals surface area (Å²) in [5, 5.41) is 0. The van der Waals surface area contributed by atoms with Crippen LogP contribution in [0.5, 0.6) is 0 Å². The molecule has 3 fully saturated rings. The molecule has 140 valence electrons. The molecule has 4 aliphatic rings. The second kappa shape index (κ2) is 6.45. The van der Waals surface area contributed by atoms with E-state index in [1.165, 1.54) is 5.56 Å². The number of para-hydroxylation sites is 1. The first kappa shape index (κ1) is 16.9. The normalized spacial score (nSPS) is 31.3. The minimum absolute atomic E-state index is 0.0429. The minimum Gasteiger partial charge on any atom is -0.330 e. The molecule has 2 bridgehead atoms. The van der Waals surface area contributed by atoms with Gasteiger partial charge in [-0.2, -0.15) is 0 Å². The molecular formula is C23H27N3O. The van der Waals surface area contributed by atoms with E-state index in [9.17, 15) is 4.79 Å². The van der Waals surface area contributed by atoms with E-state index < -0.39 is 0 Å².